The highest BCUT2D eigenvalue weighted by Crippen LogP contribution is 2.32. The second-order valence-electron chi connectivity index (χ2n) is 5.14. The van der Waals surface area contributed by atoms with Crippen LogP contribution in [-0.4, -0.2) is 30.1 Å². The predicted octanol–water partition coefficient (Wildman–Crippen LogP) is 2.09. The third-order valence-corrected chi connectivity index (χ3v) is 3.38. The summed E-state index contributed by atoms with van der Waals surface area (Å²) < 4.78 is 15.4. The Morgan fingerprint density at radius 3 is 2.78 bits per heavy atom. The number of rotatable bonds is 5. The maximum Gasteiger partial charge on any atom is 0.310 e. The van der Waals surface area contributed by atoms with Crippen LogP contribution in [0.1, 0.15) is 21.6 Å². The average Bonchev–Trinajstić information content (AvgIpc) is 3.02. The van der Waals surface area contributed by atoms with Crippen LogP contribution in [0.3, 0.4) is 0 Å². The molecular weight excluding hydrogens is 298 g/mol. The van der Waals surface area contributed by atoms with Crippen molar-refractivity contribution in [2.45, 2.75) is 13.3 Å². The van der Waals surface area contributed by atoms with E-state index < -0.39 is 5.97 Å². The lowest BCUT2D eigenvalue weighted by atomic mass is 10.1. The maximum atomic E-state index is 12.1. The van der Waals surface area contributed by atoms with Crippen molar-refractivity contribution in [3.63, 3.8) is 0 Å². The molecule has 0 saturated carbocycles. The van der Waals surface area contributed by atoms with E-state index in [0.29, 0.717) is 17.1 Å². The van der Waals surface area contributed by atoms with Gasteiger partial charge >= 0.3 is 5.97 Å². The molecule has 6 heteroatoms. The monoisotopic (exact) mass is 313 g/mol. The number of Topliss-reactive ketones (excluding diaryl/α,β-unsaturated/α-hetero) is 1. The number of carbonyl (C=O) groups is 2. The Morgan fingerprint density at radius 2 is 2.00 bits per heavy atom. The number of hydrogen-bond donors (Lipinski definition) is 0. The number of pyridine rings is 1. The van der Waals surface area contributed by atoms with Gasteiger partial charge in [-0.3, -0.25) is 14.6 Å². The molecule has 0 unspecified atom stereocenters. The smallest absolute Gasteiger partial charge is 0.310 e. The molecule has 0 saturated heterocycles. The largest absolute Gasteiger partial charge is 0.457 e. The summed E-state index contributed by atoms with van der Waals surface area (Å²) in [6.45, 7) is 1.70. The first kappa shape index (κ1) is 15.0. The van der Waals surface area contributed by atoms with Gasteiger partial charge in [0.05, 0.1) is 6.42 Å². The molecule has 0 N–H and O–H groups in total. The Labute approximate surface area is 133 Å². The van der Waals surface area contributed by atoms with Crippen molar-refractivity contribution >= 4 is 11.8 Å². The Bertz CT molecular complexity index is 739. The van der Waals surface area contributed by atoms with Gasteiger partial charge in [-0.1, -0.05) is 6.07 Å². The molecule has 118 valence electrons. The van der Waals surface area contributed by atoms with Crippen LogP contribution in [0.5, 0.6) is 11.5 Å². The highest BCUT2D eigenvalue weighted by molar-refractivity contribution is 5.98. The average molecular weight is 313 g/mol. The summed E-state index contributed by atoms with van der Waals surface area (Å²) in [6, 6.07) is 8.50. The zero-order valence-corrected chi connectivity index (χ0v) is 12.6. The number of fused-ring (bicyclic) bond motifs is 1. The maximum absolute atomic E-state index is 12.1. The topological polar surface area (TPSA) is 74.7 Å². The molecule has 0 fully saturated rings. The molecule has 1 aromatic carbocycles. The van der Waals surface area contributed by atoms with E-state index in [1.165, 1.54) is 0 Å². The van der Waals surface area contributed by atoms with E-state index in [9.17, 15) is 9.59 Å². The number of benzene rings is 1. The number of hydrogen-bond acceptors (Lipinski definition) is 6. The van der Waals surface area contributed by atoms with Crippen molar-refractivity contribution in [1.29, 1.82) is 0 Å². The number of ketones is 1. The third kappa shape index (κ3) is 3.66. The van der Waals surface area contributed by atoms with Crippen molar-refractivity contribution in [2.24, 2.45) is 0 Å². The molecule has 0 amide bonds. The second kappa shape index (κ2) is 6.48. The van der Waals surface area contributed by atoms with Crippen LogP contribution in [0.4, 0.5) is 0 Å². The van der Waals surface area contributed by atoms with Gasteiger partial charge in [0.2, 0.25) is 6.79 Å². The van der Waals surface area contributed by atoms with Gasteiger partial charge in [0, 0.05) is 17.5 Å². The van der Waals surface area contributed by atoms with Crippen LogP contribution in [-0.2, 0) is 16.0 Å². The molecule has 3 rings (SSSR count). The lowest BCUT2D eigenvalue weighted by molar-refractivity contribution is -0.141. The van der Waals surface area contributed by atoms with Crippen LogP contribution in [0.2, 0.25) is 0 Å². The van der Waals surface area contributed by atoms with Gasteiger partial charge in [-0.25, -0.2) is 0 Å². The fourth-order valence-corrected chi connectivity index (χ4v) is 2.12. The number of nitrogens with zero attached hydrogens (tertiary/aromatic N) is 1. The van der Waals surface area contributed by atoms with Crippen LogP contribution >= 0.6 is 0 Å². The number of esters is 1. The molecule has 0 aliphatic carbocycles. The first-order chi connectivity index (χ1) is 11.1. The third-order valence-electron chi connectivity index (χ3n) is 3.38. The molecule has 0 atom stereocenters. The molecule has 0 spiro atoms. The summed E-state index contributed by atoms with van der Waals surface area (Å²) >= 11 is 0. The van der Waals surface area contributed by atoms with Crippen LogP contribution < -0.4 is 9.47 Å². The van der Waals surface area contributed by atoms with Gasteiger partial charge in [-0.05, 0) is 36.8 Å². The highest BCUT2D eigenvalue weighted by atomic mass is 16.7. The first-order valence-electron chi connectivity index (χ1n) is 7.12. The Morgan fingerprint density at radius 1 is 1.17 bits per heavy atom. The number of aryl methyl sites for hydroxylation is 1. The Kier molecular flexibility index (Phi) is 4.23. The molecule has 0 bridgehead atoms. The molecule has 2 aromatic rings. The van der Waals surface area contributed by atoms with Crippen molar-refractivity contribution < 1.29 is 23.8 Å². The Balaban J connectivity index is 1.54. The standard InChI is InChI=1S/C17H15NO5/c1-11-2-3-12(8-18-11)6-17(20)21-9-14(19)13-4-5-15-16(7-13)23-10-22-15/h2-5,7-8H,6,9-10H2,1H3. The van der Waals surface area contributed by atoms with Crippen molar-refractivity contribution in [2.75, 3.05) is 13.4 Å². The quantitative estimate of drug-likeness (QED) is 0.621. The summed E-state index contributed by atoms with van der Waals surface area (Å²) in [4.78, 5) is 27.9. The number of carbonyl (C=O) groups excluding carboxylic acids is 2. The van der Waals surface area contributed by atoms with Crippen LogP contribution in [0.25, 0.3) is 0 Å². The van der Waals surface area contributed by atoms with E-state index in [-0.39, 0.29) is 25.6 Å². The van der Waals surface area contributed by atoms with Gasteiger partial charge in [0.25, 0.3) is 0 Å². The van der Waals surface area contributed by atoms with Crippen LogP contribution in [0, 0.1) is 6.92 Å². The molecule has 1 aliphatic heterocycles. The molecule has 6 nitrogen and oxygen atoms in total. The normalized spacial score (nSPS) is 12.0. The van der Waals surface area contributed by atoms with Gasteiger partial charge in [0.1, 0.15) is 0 Å². The summed E-state index contributed by atoms with van der Waals surface area (Å²) in [7, 11) is 0. The zero-order valence-electron chi connectivity index (χ0n) is 12.6. The lowest BCUT2D eigenvalue weighted by Gasteiger charge is -2.05. The predicted molar refractivity (Wildman–Crippen MR) is 80.5 cm³/mol. The minimum absolute atomic E-state index is 0.0850. The molecule has 23 heavy (non-hydrogen) atoms. The van der Waals surface area contributed by atoms with E-state index in [1.807, 2.05) is 19.1 Å². The molecule has 2 heterocycles. The fourth-order valence-electron chi connectivity index (χ4n) is 2.12. The molecule has 0 radical (unpaired) electrons. The van der Waals surface area contributed by atoms with Crippen molar-refractivity contribution in [3.8, 4) is 11.5 Å². The van der Waals surface area contributed by atoms with E-state index in [1.54, 1.807) is 24.4 Å². The van der Waals surface area contributed by atoms with Crippen molar-refractivity contribution in [1.82, 2.24) is 4.98 Å². The Hall–Kier alpha value is -2.89. The summed E-state index contributed by atoms with van der Waals surface area (Å²) in [6.07, 6.45) is 1.71. The second-order valence-corrected chi connectivity index (χ2v) is 5.14. The van der Waals surface area contributed by atoms with Gasteiger partial charge in [0.15, 0.2) is 23.9 Å². The van der Waals surface area contributed by atoms with Crippen LogP contribution in [0.15, 0.2) is 36.5 Å². The molecular formula is C17H15NO5. The van der Waals surface area contributed by atoms with E-state index in [2.05, 4.69) is 4.98 Å². The van der Waals surface area contributed by atoms with Crippen molar-refractivity contribution in [3.05, 3.63) is 53.3 Å². The van der Waals surface area contributed by atoms with Gasteiger partial charge < -0.3 is 14.2 Å². The molecule has 1 aromatic heterocycles. The van der Waals surface area contributed by atoms with Gasteiger partial charge in [-0.2, -0.15) is 0 Å². The summed E-state index contributed by atoms with van der Waals surface area (Å²) in [5, 5.41) is 0. The SMILES string of the molecule is Cc1ccc(CC(=O)OCC(=O)c2ccc3c(c2)OCO3)cn1. The summed E-state index contributed by atoms with van der Waals surface area (Å²) in [5.74, 6) is 0.363. The van der Waals surface area contributed by atoms with Gasteiger partial charge in [-0.15, -0.1) is 0 Å². The van der Waals surface area contributed by atoms with E-state index >= 15 is 0 Å². The summed E-state index contributed by atoms with van der Waals surface area (Å²) in [5.41, 5.74) is 2.04. The minimum Gasteiger partial charge on any atom is -0.457 e. The first-order valence-corrected chi connectivity index (χ1v) is 7.12. The molecule has 1 aliphatic rings. The van der Waals surface area contributed by atoms with E-state index in [4.69, 9.17) is 14.2 Å². The zero-order chi connectivity index (χ0) is 16.2. The minimum atomic E-state index is -0.468. The highest BCUT2D eigenvalue weighted by Gasteiger charge is 2.17. The lowest BCUT2D eigenvalue weighted by Crippen LogP contribution is -2.15. The number of ether oxygens (including phenoxy) is 3. The van der Waals surface area contributed by atoms with E-state index in [0.717, 1.165) is 11.3 Å². The number of aromatic nitrogens is 1. The fraction of sp³-hybridized carbons (Fsp3) is 0.235.